The van der Waals surface area contributed by atoms with Gasteiger partial charge in [-0.15, -0.1) is 30.6 Å². The van der Waals surface area contributed by atoms with Crippen molar-refractivity contribution in [3.05, 3.63) is 208 Å². The van der Waals surface area contributed by atoms with E-state index in [1.807, 2.05) is 102 Å². The van der Waals surface area contributed by atoms with Crippen LogP contribution < -0.4 is 0 Å². The van der Waals surface area contributed by atoms with Gasteiger partial charge in [0.25, 0.3) is 0 Å². The van der Waals surface area contributed by atoms with Gasteiger partial charge in [-0.25, -0.2) is 19.2 Å². The second-order valence-electron chi connectivity index (χ2n) is 32.2. The Morgan fingerprint density at radius 2 is 0.711 bits per heavy atom. The number of likely N-dealkylation sites (tertiary alicyclic amines) is 3. The van der Waals surface area contributed by atoms with Crippen molar-refractivity contribution in [3.8, 4) is 34.2 Å². The first-order valence-electron chi connectivity index (χ1n) is 38.0. The van der Waals surface area contributed by atoms with Crippen molar-refractivity contribution in [2.45, 2.75) is 179 Å². The number of nitrogens with zero attached hydrogens (tertiary/aromatic N) is 15. The molecule has 4 aliphatic heterocycles. The van der Waals surface area contributed by atoms with E-state index in [9.17, 15) is 77.9 Å². The van der Waals surface area contributed by atoms with Crippen molar-refractivity contribution in [2.24, 2.45) is 0 Å². The number of carbonyl (C=O) groups excluding carboxylic acids is 4. The molecule has 39 heteroatoms. The molecular formula is C82H97BrF10N16O11S. The third-order valence-corrected chi connectivity index (χ3v) is 18.7. The molecule has 654 valence electrons. The van der Waals surface area contributed by atoms with E-state index >= 15 is 0 Å². The standard InChI is InChI=1S/2C24H26F3N5O3.C15H11F3N4.C9H16BrNO3.C9H15NO2.CH3FS/c2*1-23(2,3)35-22(34)31-13-19(20(33)14-31)32-29-21(28-30-32)18-7-5-4-6-16(18)12-15-8-10-17(11-9-15)24(25,26)27;16-15(17,18)12-7-5-10(6-8-12)9-11-3-1-2-4-13(11)14-19-21-22-20-14;1-9(2,3)14-8(13)11-4-6(10)7(12)5-11;1-9(2,3)12-8(11)10-6-4-5-7-10;1-3-2/h2*4-11,19-20,33H,12-14H2,1-3H3;1-8H,9H2,(H,19,20,21,22);6-7,12H,4-5H2,1-3H3;4-5H,6-7H2,1-3H3;1H3/t19-,20-;;;;;/m1...../s1. The van der Waals surface area contributed by atoms with Gasteiger partial charge in [0.15, 0.2) is 0 Å². The number of β-amino-alcohol motifs (C(OH)–C–C–N with tert-alkyl or cyclic N) is 3. The van der Waals surface area contributed by atoms with Crippen molar-refractivity contribution < 1.29 is 96.8 Å². The average molecular weight is 1780 g/mol. The van der Waals surface area contributed by atoms with Gasteiger partial charge in [0.2, 0.25) is 17.5 Å². The predicted octanol–water partition coefficient (Wildman–Crippen LogP) is 16.1. The van der Waals surface area contributed by atoms with Crippen LogP contribution in [-0.4, -0.2) is 224 Å². The van der Waals surface area contributed by atoms with Crippen LogP contribution in [0.1, 0.15) is 145 Å². The van der Waals surface area contributed by atoms with E-state index in [1.54, 1.807) is 70.7 Å². The topological polar surface area (TPSA) is 321 Å². The maximum absolute atomic E-state index is 12.9. The maximum atomic E-state index is 12.9. The highest BCUT2D eigenvalue weighted by Crippen LogP contribution is 2.35. The Bertz CT molecular complexity index is 4660. The van der Waals surface area contributed by atoms with Crippen molar-refractivity contribution in [3.63, 3.8) is 0 Å². The number of ether oxygens (including phenoxy) is 4. The van der Waals surface area contributed by atoms with Crippen LogP contribution in [0.5, 0.6) is 0 Å². The zero-order chi connectivity index (χ0) is 89.2. The van der Waals surface area contributed by atoms with Gasteiger partial charge in [-0.1, -0.05) is 137 Å². The minimum atomic E-state index is -4.39. The van der Waals surface area contributed by atoms with Gasteiger partial charge in [0, 0.05) is 54.7 Å². The molecule has 121 heavy (non-hydrogen) atoms. The third kappa shape index (κ3) is 29.6. The number of aromatic nitrogens is 12. The first-order chi connectivity index (χ1) is 56.5. The van der Waals surface area contributed by atoms with Crippen molar-refractivity contribution in [1.82, 2.24) is 80.6 Å². The Morgan fingerprint density at radius 1 is 0.421 bits per heavy atom. The zero-order valence-electron chi connectivity index (χ0n) is 68.6. The molecule has 6 atom stereocenters. The second-order valence-corrected chi connectivity index (χ2v) is 33.7. The maximum Gasteiger partial charge on any atom is 0.416 e. The Morgan fingerprint density at radius 3 is 0.992 bits per heavy atom. The summed E-state index contributed by atoms with van der Waals surface area (Å²) in [5.41, 5.74) is 2.66. The number of halogens is 11. The van der Waals surface area contributed by atoms with Gasteiger partial charge < -0.3 is 53.9 Å². The van der Waals surface area contributed by atoms with E-state index in [0.717, 1.165) is 64.2 Å². The Labute approximate surface area is 705 Å². The highest BCUT2D eigenvalue weighted by molar-refractivity contribution is 9.09. The number of tetrazole rings is 3. The van der Waals surface area contributed by atoms with Crippen LogP contribution in [0.2, 0.25) is 0 Å². The van der Waals surface area contributed by atoms with E-state index in [0.29, 0.717) is 85.2 Å². The van der Waals surface area contributed by atoms with E-state index in [1.165, 1.54) is 66.9 Å². The van der Waals surface area contributed by atoms with Crippen molar-refractivity contribution in [2.75, 3.05) is 58.6 Å². The van der Waals surface area contributed by atoms with Crippen LogP contribution in [0.3, 0.4) is 0 Å². The van der Waals surface area contributed by atoms with Crippen LogP contribution in [-0.2, 0) is 56.7 Å². The van der Waals surface area contributed by atoms with Crippen LogP contribution >= 0.6 is 28.1 Å². The zero-order valence-corrected chi connectivity index (χ0v) is 71.0. The third-order valence-electron chi connectivity index (χ3n) is 17.8. The van der Waals surface area contributed by atoms with E-state index < -0.39 is 94.6 Å². The Balaban J connectivity index is 0.000000197. The molecular weight excluding hydrogens is 1690 g/mol. The number of nitrogens with one attached hydrogen (secondary N) is 1. The molecule has 3 saturated heterocycles. The van der Waals surface area contributed by atoms with Crippen LogP contribution in [0.15, 0.2) is 158 Å². The second kappa shape index (κ2) is 41.3. The molecule has 27 nitrogen and oxygen atoms in total. The molecule has 4 aliphatic rings. The summed E-state index contributed by atoms with van der Waals surface area (Å²) in [5, 5.41) is 69.6. The van der Waals surface area contributed by atoms with Gasteiger partial charge in [-0.2, -0.15) is 58.2 Å². The summed E-state index contributed by atoms with van der Waals surface area (Å²) in [7, 11) is 0. The summed E-state index contributed by atoms with van der Waals surface area (Å²) >= 11 is 3.54. The first-order valence-corrected chi connectivity index (χ1v) is 40.0. The lowest BCUT2D eigenvalue weighted by molar-refractivity contribution is -0.138. The lowest BCUT2D eigenvalue weighted by Gasteiger charge is -2.24. The average Bonchev–Trinajstić information content (AvgIpc) is 1.44. The quantitative estimate of drug-likeness (QED) is 0.0404. The number of amides is 4. The molecule has 0 aliphatic carbocycles. The lowest BCUT2D eigenvalue weighted by Crippen LogP contribution is -2.36. The summed E-state index contributed by atoms with van der Waals surface area (Å²) in [6.07, 6.45) is -10.5. The van der Waals surface area contributed by atoms with Gasteiger partial charge in [-0.3, -0.25) is 0 Å². The Hall–Kier alpha value is -10.6. The monoisotopic (exact) mass is 1780 g/mol. The fourth-order valence-electron chi connectivity index (χ4n) is 12.1. The summed E-state index contributed by atoms with van der Waals surface area (Å²) in [4.78, 5) is 56.1. The number of aromatic amines is 1. The lowest BCUT2D eigenvalue weighted by atomic mass is 9.98. The summed E-state index contributed by atoms with van der Waals surface area (Å²) in [6, 6.07) is 36.0. The van der Waals surface area contributed by atoms with Crippen LogP contribution in [0, 0.1) is 0 Å². The number of hydrogen-bond donors (Lipinski definition) is 4. The molecule has 0 spiro atoms. The number of H-pyrrole nitrogens is 1. The fourth-order valence-corrected chi connectivity index (χ4v) is 12.6. The highest BCUT2D eigenvalue weighted by Gasteiger charge is 2.42. The molecule has 4 N–H and O–H groups in total. The molecule has 9 aromatic rings. The number of benzene rings is 6. The highest BCUT2D eigenvalue weighted by atomic mass is 79.9. The molecule has 0 bridgehead atoms. The molecule has 0 saturated carbocycles. The smallest absolute Gasteiger partial charge is 0.416 e. The van der Waals surface area contributed by atoms with Crippen molar-refractivity contribution >= 4 is 52.5 Å². The number of aliphatic hydroxyl groups excluding tert-OH is 3. The van der Waals surface area contributed by atoms with Crippen LogP contribution in [0.4, 0.5) is 62.6 Å². The molecule has 0 radical (unpaired) electrons. The minimum Gasteiger partial charge on any atom is -0.444 e. The first kappa shape index (κ1) is 95.8. The van der Waals surface area contributed by atoms with Gasteiger partial charge >= 0.3 is 42.9 Å². The largest absolute Gasteiger partial charge is 0.444 e. The summed E-state index contributed by atoms with van der Waals surface area (Å²) in [5.74, 6) is 1.09. The SMILES string of the molecule is CC(C)(C)OC(=O)N1CC(O)C(Br)C1.CC(C)(C)OC(=O)N1CC(O)C(n2nnc(-c3ccccc3Cc3ccc(C(F)(F)F)cc3)n2)C1.CC(C)(C)OC(=O)N1CC=CC1.CC(C)(C)OC(=O)N1C[C@@H](O)[C@H](n2nnc(-c3ccccc3Cc3ccc(C(F)(F)F)cc3)n2)C1.CSF.FC(F)(F)c1ccc(Cc2ccccc2-c2nn[nH]n2)cc1. The number of hydrogen-bond acceptors (Lipinski definition) is 21. The molecule has 4 unspecified atom stereocenters. The molecule has 3 aromatic heterocycles. The van der Waals surface area contributed by atoms with E-state index in [2.05, 4.69) is 67.4 Å². The van der Waals surface area contributed by atoms with Gasteiger partial charge in [0.1, 0.15) is 34.5 Å². The number of carbonyl (C=O) groups is 4. The summed E-state index contributed by atoms with van der Waals surface area (Å²) in [6.45, 7) is 24.4. The number of aliphatic hydroxyl groups is 3. The van der Waals surface area contributed by atoms with E-state index in [-0.39, 0.29) is 60.9 Å². The Kier molecular flexibility index (Phi) is 32.7. The molecule has 13 rings (SSSR count). The fraction of sp³-hybridized carbons (Fsp3) is 0.451. The molecule has 4 amide bonds. The van der Waals surface area contributed by atoms with Crippen molar-refractivity contribution in [1.29, 1.82) is 0 Å². The molecule has 3 fully saturated rings. The van der Waals surface area contributed by atoms with Gasteiger partial charge in [-0.05, 0) is 188 Å². The summed E-state index contributed by atoms with van der Waals surface area (Å²) < 4.78 is 146. The van der Waals surface area contributed by atoms with E-state index in [4.69, 9.17) is 18.9 Å². The van der Waals surface area contributed by atoms with Gasteiger partial charge in [0.05, 0.1) is 72.6 Å². The normalized spacial score (nSPS) is 17.9. The molecule has 6 aromatic carbocycles. The minimum absolute atomic E-state index is 0.0463. The number of alkyl halides is 10. The molecule has 7 heterocycles. The number of rotatable bonds is 11. The van der Waals surface area contributed by atoms with Crippen LogP contribution in [0.25, 0.3) is 34.2 Å². The predicted molar refractivity (Wildman–Crippen MR) is 433 cm³/mol.